The number of nitrogens with zero attached hydrogens (tertiary/aromatic N) is 5. The molecule has 0 amide bonds. The van der Waals surface area contributed by atoms with Gasteiger partial charge in [-0.2, -0.15) is 4.31 Å². The molecule has 1 aliphatic heterocycles. The number of hydrogen-bond donors (Lipinski definition) is 0. The molecule has 1 saturated heterocycles. The van der Waals surface area contributed by atoms with Crippen LogP contribution in [0.1, 0.15) is 11.4 Å². The highest BCUT2D eigenvalue weighted by Gasteiger charge is 2.30. The summed E-state index contributed by atoms with van der Waals surface area (Å²) in [5.41, 5.74) is 1.25. The van der Waals surface area contributed by atoms with Gasteiger partial charge in [-0.1, -0.05) is 0 Å². The molecule has 8 heteroatoms. The summed E-state index contributed by atoms with van der Waals surface area (Å²) in [5.74, 6) is 0.699. The first-order valence-corrected chi connectivity index (χ1v) is 9.52. The Balaban J connectivity index is 1.56. The first kappa shape index (κ1) is 17.1. The Labute approximate surface area is 143 Å². The maximum atomic E-state index is 12.7. The van der Waals surface area contributed by atoms with Gasteiger partial charge < -0.3 is 9.47 Å². The monoisotopic (exact) mass is 349 g/mol. The molecule has 0 N–H and O–H groups in total. The Bertz CT molecular complexity index is 761. The Morgan fingerprint density at radius 2 is 1.79 bits per heavy atom. The number of aryl methyl sites for hydroxylation is 2. The first-order valence-electron chi connectivity index (χ1n) is 8.08. The maximum absolute atomic E-state index is 12.7. The molecule has 0 spiro atoms. The van der Waals surface area contributed by atoms with Crippen molar-refractivity contribution < 1.29 is 8.42 Å². The number of sulfonamides is 1. The molecule has 0 aliphatic carbocycles. The van der Waals surface area contributed by atoms with Gasteiger partial charge in [0.15, 0.2) is 5.03 Å². The van der Waals surface area contributed by atoms with E-state index in [0.29, 0.717) is 18.9 Å². The van der Waals surface area contributed by atoms with Gasteiger partial charge in [-0.05, 0) is 31.0 Å². The number of imidazole rings is 1. The molecule has 3 heterocycles. The van der Waals surface area contributed by atoms with Crippen molar-refractivity contribution in [3.8, 4) is 0 Å². The molecule has 130 valence electrons. The minimum absolute atomic E-state index is 0.146. The molecular formula is C16H23N5O2S. The molecule has 7 nitrogen and oxygen atoms in total. The van der Waals surface area contributed by atoms with E-state index in [0.717, 1.165) is 26.1 Å². The number of hydrogen-bond acceptors (Lipinski definition) is 5. The Morgan fingerprint density at radius 1 is 1.12 bits per heavy atom. The van der Waals surface area contributed by atoms with Crippen molar-refractivity contribution >= 4 is 10.0 Å². The minimum atomic E-state index is -3.49. The van der Waals surface area contributed by atoms with E-state index in [9.17, 15) is 8.42 Å². The molecule has 0 atom stereocenters. The van der Waals surface area contributed by atoms with Crippen LogP contribution in [0.5, 0.6) is 0 Å². The normalized spacial score (nSPS) is 17.2. The van der Waals surface area contributed by atoms with Crippen molar-refractivity contribution in [3.05, 3.63) is 42.1 Å². The van der Waals surface area contributed by atoms with Crippen LogP contribution in [0.15, 0.2) is 35.7 Å². The molecule has 0 radical (unpaired) electrons. The minimum Gasteiger partial charge on any atom is -0.337 e. The summed E-state index contributed by atoms with van der Waals surface area (Å²) in [4.78, 5) is 10.5. The summed E-state index contributed by atoms with van der Waals surface area (Å²) in [6.45, 7) is 5.24. The summed E-state index contributed by atoms with van der Waals surface area (Å²) >= 11 is 0. The molecule has 0 aromatic carbocycles. The summed E-state index contributed by atoms with van der Waals surface area (Å²) in [6.07, 6.45) is 6.14. The van der Waals surface area contributed by atoms with Crippen LogP contribution < -0.4 is 0 Å². The third-order valence-electron chi connectivity index (χ3n) is 4.49. The maximum Gasteiger partial charge on any atom is 0.262 e. The summed E-state index contributed by atoms with van der Waals surface area (Å²) < 4.78 is 28.6. The fourth-order valence-corrected chi connectivity index (χ4v) is 4.26. The topological polar surface area (TPSA) is 71.3 Å². The second kappa shape index (κ2) is 7.00. The standard InChI is InChI=1S/C16H23N5O2S/c1-14-18-16(13-19(14)2)24(22,23)21-11-9-20(10-12-21)8-5-15-3-6-17-7-4-15/h3-4,6-7,13H,5,8-12H2,1-2H3. The van der Waals surface area contributed by atoms with Crippen molar-refractivity contribution in [2.75, 3.05) is 32.7 Å². The zero-order valence-corrected chi connectivity index (χ0v) is 14.9. The quantitative estimate of drug-likeness (QED) is 0.793. The van der Waals surface area contributed by atoms with E-state index in [2.05, 4.69) is 14.9 Å². The van der Waals surface area contributed by atoms with E-state index in [1.807, 2.05) is 12.1 Å². The third kappa shape index (κ3) is 3.66. The van der Waals surface area contributed by atoms with Crippen LogP contribution in [0.4, 0.5) is 0 Å². The van der Waals surface area contributed by atoms with Gasteiger partial charge in [0.2, 0.25) is 0 Å². The van der Waals surface area contributed by atoms with Crippen molar-refractivity contribution in [1.82, 2.24) is 23.7 Å². The number of pyridine rings is 1. The molecule has 1 fully saturated rings. The van der Waals surface area contributed by atoms with Crippen LogP contribution in [0.25, 0.3) is 0 Å². The average Bonchev–Trinajstić information content (AvgIpc) is 2.94. The van der Waals surface area contributed by atoms with Crippen molar-refractivity contribution in [2.24, 2.45) is 7.05 Å². The fraction of sp³-hybridized carbons (Fsp3) is 0.500. The van der Waals surface area contributed by atoms with Gasteiger partial charge in [0.1, 0.15) is 5.82 Å². The van der Waals surface area contributed by atoms with E-state index in [4.69, 9.17) is 0 Å². The molecule has 2 aromatic heterocycles. The van der Waals surface area contributed by atoms with Crippen molar-refractivity contribution in [3.63, 3.8) is 0 Å². The van der Waals surface area contributed by atoms with Crippen LogP contribution in [-0.2, 0) is 23.5 Å². The second-order valence-electron chi connectivity index (χ2n) is 6.09. The summed E-state index contributed by atoms with van der Waals surface area (Å²) in [5, 5.41) is 0.146. The van der Waals surface area contributed by atoms with Crippen LogP contribution in [0, 0.1) is 6.92 Å². The number of piperazine rings is 1. The highest BCUT2D eigenvalue weighted by molar-refractivity contribution is 7.89. The Kier molecular flexibility index (Phi) is 4.98. The van der Waals surface area contributed by atoms with E-state index in [1.165, 1.54) is 9.87 Å². The molecule has 0 bridgehead atoms. The molecular weight excluding hydrogens is 326 g/mol. The SMILES string of the molecule is Cc1nc(S(=O)(=O)N2CCN(CCc3ccncc3)CC2)cn1C. The number of aromatic nitrogens is 3. The molecule has 2 aromatic rings. The summed E-state index contributed by atoms with van der Waals surface area (Å²) in [7, 11) is -1.68. The predicted octanol–water partition coefficient (Wildman–Crippen LogP) is 0.673. The lowest BCUT2D eigenvalue weighted by Crippen LogP contribution is -2.49. The van der Waals surface area contributed by atoms with E-state index in [1.54, 1.807) is 37.1 Å². The Morgan fingerprint density at radius 3 is 2.38 bits per heavy atom. The van der Waals surface area contributed by atoms with Gasteiger partial charge in [-0.25, -0.2) is 13.4 Å². The average molecular weight is 349 g/mol. The zero-order chi connectivity index (χ0) is 17.2. The lowest BCUT2D eigenvalue weighted by Gasteiger charge is -2.33. The van der Waals surface area contributed by atoms with Crippen LogP contribution >= 0.6 is 0 Å². The van der Waals surface area contributed by atoms with E-state index >= 15 is 0 Å². The molecule has 24 heavy (non-hydrogen) atoms. The fourth-order valence-electron chi connectivity index (χ4n) is 2.81. The van der Waals surface area contributed by atoms with Gasteiger partial charge in [-0.3, -0.25) is 4.98 Å². The molecule has 3 rings (SSSR count). The first-order chi connectivity index (χ1) is 11.5. The molecule has 1 aliphatic rings. The summed E-state index contributed by atoms with van der Waals surface area (Å²) in [6, 6.07) is 4.04. The molecule has 0 saturated carbocycles. The van der Waals surface area contributed by atoms with Gasteiger partial charge >= 0.3 is 0 Å². The van der Waals surface area contributed by atoms with Crippen molar-refractivity contribution in [1.29, 1.82) is 0 Å². The predicted molar refractivity (Wildman–Crippen MR) is 91.1 cm³/mol. The zero-order valence-electron chi connectivity index (χ0n) is 14.1. The highest BCUT2D eigenvalue weighted by atomic mass is 32.2. The lowest BCUT2D eigenvalue weighted by atomic mass is 10.2. The van der Waals surface area contributed by atoms with Crippen LogP contribution in [-0.4, -0.2) is 64.9 Å². The highest BCUT2D eigenvalue weighted by Crippen LogP contribution is 2.17. The van der Waals surface area contributed by atoms with Gasteiger partial charge in [0.05, 0.1) is 0 Å². The Hall–Kier alpha value is -1.77. The smallest absolute Gasteiger partial charge is 0.262 e. The third-order valence-corrected chi connectivity index (χ3v) is 6.26. The molecule has 0 unspecified atom stereocenters. The van der Waals surface area contributed by atoms with Crippen molar-refractivity contribution in [2.45, 2.75) is 18.4 Å². The van der Waals surface area contributed by atoms with E-state index in [-0.39, 0.29) is 5.03 Å². The van der Waals surface area contributed by atoms with Crippen LogP contribution in [0.3, 0.4) is 0 Å². The van der Waals surface area contributed by atoms with Gasteiger partial charge in [0.25, 0.3) is 10.0 Å². The largest absolute Gasteiger partial charge is 0.337 e. The number of rotatable bonds is 5. The lowest BCUT2D eigenvalue weighted by molar-refractivity contribution is 0.190. The van der Waals surface area contributed by atoms with Gasteiger partial charge in [0, 0.05) is 58.4 Å². The van der Waals surface area contributed by atoms with Gasteiger partial charge in [-0.15, -0.1) is 0 Å². The van der Waals surface area contributed by atoms with Crippen LogP contribution in [0.2, 0.25) is 0 Å². The van der Waals surface area contributed by atoms with E-state index < -0.39 is 10.0 Å². The second-order valence-corrected chi connectivity index (χ2v) is 7.97.